The lowest BCUT2D eigenvalue weighted by atomic mass is 9.32. The molecule has 0 amide bonds. The Balaban J connectivity index is 1.57. The average Bonchev–Trinajstić information content (AvgIpc) is 3.13. The number of carbonyl (C=O) groups is 2. The number of hydrogen-bond acceptors (Lipinski definition) is 2. The Labute approximate surface area is 201 Å². The van der Waals surface area contributed by atoms with Crippen molar-refractivity contribution in [2.45, 2.75) is 106 Å². The van der Waals surface area contributed by atoms with Crippen LogP contribution in [0.2, 0.25) is 0 Å². The van der Waals surface area contributed by atoms with Crippen molar-refractivity contribution in [3.8, 4) is 0 Å². The van der Waals surface area contributed by atoms with Gasteiger partial charge in [0, 0.05) is 11.8 Å². The predicted octanol–water partition coefficient (Wildman–Crippen LogP) is 7.30. The standard InChI is InChI=1S/C30H46O3/c1-18(2)19-10-15-30(25(32)33)17-16-28(6)20(24(19)30)8-9-22-27(5)13-12-23(31)26(3,4)21(27)11-14-29(22,28)7/h10,18,20-22,24H,8-9,11-17H2,1-7H3,(H,32,33). The molecule has 0 aromatic carbocycles. The number of carboxylic acids is 1. The number of carboxylic acid groups (broad SMARTS) is 1. The molecular formula is C30H46O3. The van der Waals surface area contributed by atoms with Gasteiger partial charge in [-0.15, -0.1) is 0 Å². The van der Waals surface area contributed by atoms with Crippen molar-refractivity contribution in [3.05, 3.63) is 11.6 Å². The summed E-state index contributed by atoms with van der Waals surface area (Å²) >= 11 is 0. The fraction of sp³-hybridized carbons (Fsp3) is 0.867. The average molecular weight is 455 g/mol. The normalized spacial score (nSPS) is 50.7. The molecular weight excluding hydrogens is 408 g/mol. The van der Waals surface area contributed by atoms with E-state index in [-0.39, 0.29) is 27.6 Å². The lowest BCUT2D eigenvalue weighted by Gasteiger charge is -2.72. The molecule has 5 aliphatic rings. The van der Waals surface area contributed by atoms with Crippen molar-refractivity contribution in [2.24, 2.45) is 56.7 Å². The Morgan fingerprint density at radius 3 is 2.27 bits per heavy atom. The van der Waals surface area contributed by atoms with Crippen LogP contribution in [0.3, 0.4) is 0 Å². The van der Waals surface area contributed by atoms with E-state index in [9.17, 15) is 14.7 Å². The molecule has 1 N–H and O–H groups in total. The molecule has 3 nitrogen and oxygen atoms in total. The summed E-state index contributed by atoms with van der Waals surface area (Å²) in [4.78, 5) is 25.6. The third-order valence-electron chi connectivity index (χ3n) is 12.9. The fourth-order valence-electron chi connectivity index (χ4n) is 10.9. The highest BCUT2D eigenvalue weighted by Gasteiger charge is 2.71. The van der Waals surface area contributed by atoms with Gasteiger partial charge in [-0.2, -0.15) is 0 Å². The molecule has 0 aromatic rings. The van der Waals surface area contributed by atoms with Gasteiger partial charge in [-0.3, -0.25) is 9.59 Å². The van der Waals surface area contributed by atoms with Crippen molar-refractivity contribution in [3.63, 3.8) is 0 Å². The Hall–Kier alpha value is -1.12. The SMILES string of the molecule is CC(C)C1=CCC2(C(=O)O)CCC3(C)C(CCC4C5(C)CCC(=O)C(C)(C)C5CCC43C)C12. The summed E-state index contributed by atoms with van der Waals surface area (Å²) < 4.78 is 0. The fourth-order valence-corrected chi connectivity index (χ4v) is 10.9. The maximum absolute atomic E-state index is 12.9. The molecule has 0 saturated heterocycles. The smallest absolute Gasteiger partial charge is 0.310 e. The number of Topliss-reactive ketones (excluding diaryl/α,β-unsaturated/α-hetero) is 1. The molecule has 5 aliphatic carbocycles. The Kier molecular flexibility index (Phi) is 4.99. The summed E-state index contributed by atoms with van der Waals surface area (Å²) in [7, 11) is 0. The Morgan fingerprint density at radius 1 is 0.939 bits per heavy atom. The number of carbonyl (C=O) groups excluding carboxylic acids is 1. The minimum Gasteiger partial charge on any atom is -0.481 e. The molecule has 0 heterocycles. The third kappa shape index (κ3) is 2.69. The van der Waals surface area contributed by atoms with E-state index >= 15 is 0 Å². The van der Waals surface area contributed by atoms with Gasteiger partial charge in [0.25, 0.3) is 0 Å². The van der Waals surface area contributed by atoms with Gasteiger partial charge in [-0.1, -0.05) is 60.1 Å². The lowest BCUT2D eigenvalue weighted by Crippen LogP contribution is -2.66. The van der Waals surface area contributed by atoms with E-state index in [1.54, 1.807) is 0 Å². The van der Waals surface area contributed by atoms with Crippen LogP contribution in [0.15, 0.2) is 11.6 Å². The first-order chi connectivity index (χ1) is 15.3. The molecule has 0 radical (unpaired) electrons. The Bertz CT molecular complexity index is 914. The zero-order valence-corrected chi connectivity index (χ0v) is 22.1. The van der Waals surface area contributed by atoms with Crippen LogP contribution in [0, 0.1) is 56.7 Å². The topological polar surface area (TPSA) is 54.4 Å². The van der Waals surface area contributed by atoms with Crippen molar-refractivity contribution >= 4 is 11.8 Å². The molecule has 184 valence electrons. The summed E-state index contributed by atoms with van der Waals surface area (Å²) in [6, 6.07) is 0. The molecule has 0 spiro atoms. The zero-order chi connectivity index (χ0) is 24.2. The maximum Gasteiger partial charge on any atom is 0.310 e. The number of fused-ring (bicyclic) bond motifs is 7. The number of rotatable bonds is 2. The van der Waals surface area contributed by atoms with Gasteiger partial charge in [-0.05, 0) is 97.2 Å². The van der Waals surface area contributed by atoms with Gasteiger partial charge in [0.05, 0.1) is 5.41 Å². The minimum atomic E-state index is -0.576. The van der Waals surface area contributed by atoms with E-state index in [4.69, 9.17) is 0 Å². The molecule has 0 aromatic heterocycles. The van der Waals surface area contributed by atoms with Gasteiger partial charge in [0.2, 0.25) is 0 Å². The van der Waals surface area contributed by atoms with Crippen molar-refractivity contribution in [2.75, 3.05) is 0 Å². The van der Waals surface area contributed by atoms with E-state index < -0.39 is 11.4 Å². The van der Waals surface area contributed by atoms with Gasteiger partial charge in [-0.25, -0.2) is 0 Å². The molecule has 4 saturated carbocycles. The van der Waals surface area contributed by atoms with Crippen LogP contribution in [0.1, 0.15) is 106 Å². The Morgan fingerprint density at radius 2 is 1.64 bits per heavy atom. The van der Waals surface area contributed by atoms with Crippen LogP contribution in [0.5, 0.6) is 0 Å². The first kappa shape index (κ1) is 23.6. The molecule has 0 aliphatic heterocycles. The van der Waals surface area contributed by atoms with Crippen molar-refractivity contribution in [1.82, 2.24) is 0 Å². The second kappa shape index (κ2) is 6.97. The molecule has 8 unspecified atom stereocenters. The highest BCUT2D eigenvalue weighted by Crippen LogP contribution is 2.76. The van der Waals surface area contributed by atoms with E-state index in [1.807, 2.05) is 0 Å². The molecule has 3 heteroatoms. The summed E-state index contributed by atoms with van der Waals surface area (Å²) in [6.07, 6.45) is 11.4. The monoisotopic (exact) mass is 454 g/mol. The zero-order valence-electron chi connectivity index (χ0n) is 22.1. The predicted molar refractivity (Wildman–Crippen MR) is 132 cm³/mol. The number of aliphatic carboxylic acids is 1. The lowest BCUT2D eigenvalue weighted by molar-refractivity contribution is -0.231. The van der Waals surface area contributed by atoms with Crippen LogP contribution in [0.25, 0.3) is 0 Å². The largest absolute Gasteiger partial charge is 0.481 e. The van der Waals surface area contributed by atoms with E-state index in [2.05, 4.69) is 54.5 Å². The second-order valence-corrected chi connectivity index (χ2v) is 14.3. The molecule has 4 fully saturated rings. The molecule has 33 heavy (non-hydrogen) atoms. The van der Waals surface area contributed by atoms with E-state index in [1.165, 1.54) is 18.4 Å². The number of hydrogen-bond donors (Lipinski definition) is 1. The summed E-state index contributed by atoms with van der Waals surface area (Å²) in [5, 5.41) is 10.5. The van der Waals surface area contributed by atoms with Crippen LogP contribution in [-0.2, 0) is 9.59 Å². The highest BCUT2D eigenvalue weighted by atomic mass is 16.4. The quantitative estimate of drug-likeness (QED) is 0.445. The molecule has 8 atom stereocenters. The van der Waals surface area contributed by atoms with Crippen LogP contribution in [-0.4, -0.2) is 16.9 Å². The van der Waals surface area contributed by atoms with Crippen molar-refractivity contribution in [1.29, 1.82) is 0 Å². The molecule has 0 bridgehead atoms. The van der Waals surface area contributed by atoms with Crippen LogP contribution in [0.4, 0.5) is 0 Å². The summed E-state index contributed by atoms with van der Waals surface area (Å²) in [5.74, 6) is 2.08. The van der Waals surface area contributed by atoms with Crippen LogP contribution >= 0.6 is 0 Å². The molecule has 5 rings (SSSR count). The van der Waals surface area contributed by atoms with Gasteiger partial charge >= 0.3 is 5.97 Å². The van der Waals surface area contributed by atoms with Gasteiger partial charge in [0.1, 0.15) is 5.78 Å². The second-order valence-electron chi connectivity index (χ2n) is 14.3. The third-order valence-corrected chi connectivity index (χ3v) is 12.9. The van der Waals surface area contributed by atoms with Crippen molar-refractivity contribution < 1.29 is 14.7 Å². The van der Waals surface area contributed by atoms with E-state index in [0.29, 0.717) is 29.5 Å². The first-order valence-electron chi connectivity index (χ1n) is 13.7. The summed E-state index contributed by atoms with van der Waals surface area (Å²) in [5.41, 5.74) is 1.24. The number of ketones is 1. The first-order valence-corrected chi connectivity index (χ1v) is 13.7. The summed E-state index contributed by atoms with van der Waals surface area (Å²) in [6.45, 7) is 16.6. The van der Waals surface area contributed by atoms with Gasteiger partial charge < -0.3 is 5.11 Å². The number of allylic oxidation sites excluding steroid dienone is 2. The maximum atomic E-state index is 12.9. The van der Waals surface area contributed by atoms with Crippen LogP contribution < -0.4 is 0 Å². The minimum absolute atomic E-state index is 0.164. The van der Waals surface area contributed by atoms with E-state index in [0.717, 1.165) is 44.9 Å². The highest BCUT2D eigenvalue weighted by molar-refractivity contribution is 5.85. The van der Waals surface area contributed by atoms with Gasteiger partial charge in [0.15, 0.2) is 0 Å².